The van der Waals surface area contributed by atoms with Gasteiger partial charge in [0.25, 0.3) is 0 Å². The van der Waals surface area contributed by atoms with E-state index in [4.69, 9.17) is 0 Å². The van der Waals surface area contributed by atoms with Crippen LogP contribution in [0.25, 0.3) is 0 Å². The van der Waals surface area contributed by atoms with Crippen LogP contribution in [0.3, 0.4) is 0 Å². The first-order chi connectivity index (χ1) is 12.2. The molecule has 25 heavy (non-hydrogen) atoms. The lowest BCUT2D eigenvalue weighted by Gasteiger charge is -2.24. The molecule has 1 aromatic heterocycles. The van der Waals surface area contributed by atoms with Gasteiger partial charge in [-0.3, -0.25) is 4.79 Å². The lowest BCUT2D eigenvalue weighted by atomic mass is 9.95. The molecule has 1 aromatic carbocycles. The molecule has 1 aliphatic carbocycles. The number of aryl methyl sites for hydroxylation is 1. The highest BCUT2D eigenvalue weighted by Crippen LogP contribution is 2.32. The Balaban J connectivity index is 1.62. The number of rotatable bonds is 6. The predicted molar refractivity (Wildman–Crippen MR) is 104 cm³/mol. The number of hydrogen-bond acceptors (Lipinski definition) is 5. The van der Waals surface area contributed by atoms with Gasteiger partial charge in [-0.2, -0.15) is 0 Å². The van der Waals surface area contributed by atoms with Gasteiger partial charge in [-0.15, -0.1) is 22.0 Å². The van der Waals surface area contributed by atoms with Crippen LogP contribution in [0, 0.1) is 6.92 Å². The number of aromatic nitrogens is 3. The van der Waals surface area contributed by atoms with Crippen LogP contribution in [-0.4, -0.2) is 32.7 Å². The molecule has 7 heteroatoms. The van der Waals surface area contributed by atoms with Crippen LogP contribution in [-0.2, 0) is 4.79 Å². The van der Waals surface area contributed by atoms with Gasteiger partial charge < -0.3 is 9.88 Å². The van der Waals surface area contributed by atoms with Crippen LogP contribution in [0.1, 0.15) is 44.0 Å². The fourth-order valence-electron chi connectivity index (χ4n) is 3.27. The van der Waals surface area contributed by atoms with Gasteiger partial charge in [-0.25, -0.2) is 0 Å². The Bertz CT molecular complexity index is 726. The summed E-state index contributed by atoms with van der Waals surface area (Å²) in [6.45, 7) is 2.00. The molecule has 0 spiro atoms. The SMILES string of the molecule is CSc1ccccc1NC(=O)CSc1nnc(C)n1C1CCCCC1. The molecule has 0 saturated heterocycles. The van der Waals surface area contributed by atoms with Crippen molar-refractivity contribution in [3.05, 3.63) is 30.1 Å². The van der Waals surface area contributed by atoms with Crippen LogP contribution < -0.4 is 5.32 Å². The average molecular weight is 377 g/mol. The lowest BCUT2D eigenvalue weighted by molar-refractivity contribution is -0.113. The normalized spacial score (nSPS) is 15.3. The second-order valence-electron chi connectivity index (χ2n) is 6.23. The van der Waals surface area contributed by atoms with Gasteiger partial charge in [0.2, 0.25) is 5.91 Å². The first-order valence-electron chi connectivity index (χ1n) is 8.66. The van der Waals surface area contributed by atoms with E-state index in [0.717, 1.165) is 21.6 Å². The number of hydrogen-bond donors (Lipinski definition) is 1. The Labute approximate surface area is 157 Å². The zero-order chi connectivity index (χ0) is 17.6. The van der Waals surface area contributed by atoms with E-state index in [2.05, 4.69) is 20.1 Å². The highest BCUT2D eigenvalue weighted by molar-refractivity contribution is 7.99. The van der Waals surface area contributed by atoms with Crippen molar-refractivity contribution in [3.8, 4) is 0 Å². The average Bonchev–Trinajstić information content (AvgIpc) is 3.02. The Morgan fingerprint density at radius 2 is 2.00 bits per heavy atom. The maximum atomic E-state index is 12.3. The number of thioether (sulfide) groups is 2. The van der Waals surface area contributed by atoms with Gasteiger partial charge in [-0.05, 0) is 38.2 Å². The molecule has 0 bridgehead atoms. The molecule has 0 radical (unpaired) electrons. The number of carbonyl (C=O) groups excluding carboxylic acids is 1. The minimum Gasteiger partial charge on any atom is -0.324 e. The van der Waals surface area contributed by atoms with E-state index in [0.29, 0.717) is 11.8 Å². The van der Waals surface area contributed by atoms with Gasteiger partial charge in [0, 0.05) is 10.9 Å². The van der Waals surface area contributed by atoms with Crippen LogP contribution in [0.2, 0.25) is 0 Å². The van der Waals surface area contributed by atoms with Gasteiger partial charge >= 0.3 is 0 Å². The smallest absolute Gasteiger partial charge is 0.234 e. The zero-order valence-corrected chi connectivity index (χ0v) is 16.3. The minimum absolute atomic E-state index is 0.0117. The molecule has 1 N–H and O–H groups in total. The molecule has 1 heterocycles. The van der Waals surface area contributed by atoms with E-state index >= 15 is 0 Å². The monoisotopic (exact) mass is 376 g/mol. The summed E-state index contributed by atoms with van der Waals surface area (Å²) in [7, 11) is 0. The number of carbonyl (C=O) groups is 1. The van der Waals surface area contributed by atoms with E-state index < -0.39 is 0 Å². The summed E-state index contributed by atoms with van der Waals surface area (Å²) in [5.74, 6) is 1.28. The largest absolute Gasteiger partial charge is 0.324 e. The van der Waals surface area contributed by atoms with Crippen molar-refractivity contribution in [1.29, 1.82) is 0 Å². The first kappa shape index (κ1) is 18.3. The molecule has 1 saturated carbocycles. The number of benzene rings is 1. The summed E-state index contributed by atoms with van der Waals surface area (Å²) in [5.41, 5.74) is 0.866. The molecular formula is C18H24N4OS2. The Kier molecular flexibility index (Phi) is 6.42. The highest BCUT2D eigenvalue weighted by atomic mass is 32.2. The molecular weight excluding hydrogens is 352 g/mol. The van der Waals surface area contributed by atoms with Crippen molar-refractivity contribution in [1.82, 2.24) is 14.8 Å². The molecule has 5 nitrogen and oxygen atoms in total. The summed E-state index contributed by atoms with van der Waals surface area (Å²) in [5, 5.41) is 12.4. The standard InChI is InChI=1S/C18H24N4OS2/c1-13-20-21-18(22(13)14-8-4-3-5-9-14)25-12-17(23)19-15-10-6-7-11-16(15)24-2/h6-7,10-11,14H,3-5,8-9,12H2,1-2H3,(H,19,23). The van der Waals surface area contributed by atoms with Crippen molar-refractivity contribution >= 4 is 35.1 Å². The number of anilines is 1. The van der Waals surface area contributed by atoms with Crippen molar-refractivity contribution in [3.63, 3.8) is 0 Å². The number of nitrogens with one attached hydrogen (secondary N) is 1. The first-order valence-corrected chi connectivity index (χ1v) is 10.9. The number of amides is 1. The third-order valence-electron chi connectivity index (χ3n) is 4.49. The van der Waals surface area contributed by atoms with Gasteiger partial charge in [-0.1, -0.05) is 43.2 Å². The highest BCUT2D eigenvalue weighted by Gasteiger charge is 2.21. The third-order valence-corrected chi connectivity index (χ3v) is 6.23. The molecule has 1 amide bonds. The molecule has 2 aromatic rings. The van der Waals surface area contributed by atoms with E-state index in [1.165, 1.54) is 43.9 Å². The third kappa shape index (κ3) is 4.58. The molecule has 0 unspecified atom stereocenters. The van der Waals surface area contributed by atoms with Crippen LogP contribution >= 0.6 is 23.5 Å². The fourth-order valence-corrected chi connectivity index (χ4v) is 4.68. The molecule has 1 fully saturated rings. The Morgan fingerprint density at radius 1 is 1.24 bits per heavy atom. The summed E-state index contributed by atoms with van der Waals surface area (Å²) in [6, 6.07) is 8.34. The summed E-state index contributed by atoms with van der Waals surface area (Å²) in [4.78, 5) is 13.4. The molecule has 0 atom stereocenters. The molecule has 3 rings (SSSR count). The van der Waals surface area contributed by atoms with Crippen molar-refractivity contribution in [2.75, 3.05) is 17.3 Å². The quantitative estimate of drug-likeness (QED) is 0.750. The number of nitrogens with zero attached hydrogens (tertiary/aromatic N) is 3. The molecule has 1 aliphatic rings. The molecule has 0 aliphatic heterocycles. The minimum atomic E-state index is -0.0117. The van der Waals surface area contributed by atoms with Crippen LogP contribution in [0.15, 0.2) is 34.3 Å². The van der Waals surface area contributed by atoms with E-state index in [9.17, 15) is 4.79 Å². The predicted octanol–water partition coefficient (Wildman–Crippen LogP) is 4.54. The molecule has 134 valence electrons. The van der Waals surface area contributed by atoms with Gasteiger partial charge in [0.05, 0.1) is 11.4 Å². The summed E-state index contributed by atoms with van der Waals surface area (Å²) < 4.78 is 2.23. The van der Waals surface area contributed by atoms with Crippen molar-refractivity contribution < 1.29 is 4.79 Å². The second-order valence-corrected chi connectivity index (χ2v) is 8.02. The van der Waals surface area contributed by atoms with Gasteiger partial charge in [0.15, 0.2) is 5.16 Å². The maximum Gasteiger partial charge on any atom is 0.234 e. The van der Waals surface area contributed by atoms with E-state index in [1.54, 1.807) is 11.8 Å². The van der Waals surface area contributed by atoms with E-state index in [1.807, 2.05) is 37.4 Å². The van der Waals surface area contributed by atoms with Crippen molar-refractivity contribution in [2.45, 2.75) is 55.1 Å². The van der Waals surface area contributed by atoms with Crippen molar-refractivity contribution in [2.24, 2.45) is 0 Å². The maximum absolute atomic E-state index is 12.3. The second kappa shape index (κ2) is 8.76. The zero-order valence-electron chi connectivity index (χ0n) is 14.7. The topological polar surface area (TPSA) is 59.8 Å². The van der Waals surface area contributed by atoms with Crippen LogP contribution in [0.4, 0.5) is 5.69 Å². The number of para-hydroxylation sites is 1. The Hall–Kier alpha value is -1.47. The fraction of sp³-hybridized carbons (Fsp3) is 0.500. The van der Waals surface area contributed by atoms with E-state index in [-0.39, 0.29) is 5.91 Å². The van der Waals surface area contributed by atoms with Gasteiger partial charge in [0.1, 0.15) is 5.82 Å². The lowest BCUT2D eigenvalue weighted by Crippen LogP contribution is -2.17. The van der Waals surface area contributed by atoms with Crippen LogP contribution in [0.5, 0.6) is 0 Å². The summed E-state index contributed by atoms with van der Waals surface area (Å²) in [6.07, 6.45) is 8.21. The Morgan fingerprint density at radius 3 is 2.76 bits per heavy atom. The summed E-state index contributed by atoms with van der Waals surface area (Å²) >= 11 is 3.10.